The Morgan fingerprint density at radius 2 is 1.78 bits per heavy atom. The Balaban J connectivity index is 2.26. The number of aryl methyl sites for hydroxylation is 1. The zero-order valence-electron chi connectivity index (χ0n) is 11.8. The molecule has 102 valence electrons. The average molecular weight is 265 g/mol. The highest BCUT2D eigenvalue weighted by molar-refractivity contribution is 7.99. The van der Waals surface area contributed by atoms with Gasteiger partial charge in [0.25, 0.3) is 0 Å². The van der Waals surface area contributed by atoms with E-state index in [4.69, 9.17) is 5.73 Å². The molecule has 0 aliphatic carbocycles. The number of rotatable bonds is 9. The Kier molecular flexibility index (Phi) is 8.19. The summed E-state index contributed by atoms with van der Waals surface area (Å²) in [6.45, 7) is 4.42. The van der Waals surface area contributed by atoms with Crippen LogP contribution in [0.25, 0.3) is 0 Å². The maximum atomic E-state index is 6.02. The van der Waals surface area contributed by atoms with Gasteiger partial charge in [0, 0.05) is 10.9 Å². The molecule has 18 heavy (non-hydrogen) atoms. The standard InChI is InChI=1S/C16H27NS/c1-3-6-15(17)8-5-7-14-9-11-16(12-10-14)18-13-4-2/h9-12,15H,3-8,13,17H2,1-2H3. The van der Waals surface area contributed by atoms with Crippen LogP contribution in [0.4, 0.5) is 0 Å². The zero-order chi connectivity index (χ0) is 13.2. The molecule has 0 saturated heterocycles. The van der Waals surface area contributed by atoms with Crippen LogP contribution in [0.5, 0.6) is 0 Å². The second-order valence-corrected chi connectivity index (χ2v) is 6.10. The van der Waals surface area contributed by atoms with Gasteiger partial charge in [0.1, 0.15) is 0 Å². The highest BCUT2D eigenvalue weighted by Gasteiger charge is 2.01. The highest BCUT2D eigenvalue weighted by atomic mass is 32.2. The van der Waals surface area contributed by atoms with Crippen molar-refractivity contribution in [2.75, 3.05) is 5.75 Å². The van der Waals surface area contributed by atoms with E-state index in [0.717, 1.165) is 19.3 Å². The fraction of sp³-hybridized carbons (Fsp3) is 0.625. The van der Waals surface area contributed by atoms with Crippen molar-refractivity contribution in [1.29, 1.82) is 0 Å². The van der Waals surface area contributed by atoms with Crippen LogP contribution in [0.1, 0.15) is 51.5 Å². The van der Waals surface area contributed by atoms with Crippen LogP contribution in [-0.4, -0.2) is 11.8 Å². The number of hydrogen-bond donors (Lipinski definition) is 1. The minimum atomic E-state index is 0.398. The van der Waals surface area contributed by atoms with Crippen molar-refractivity contribution in [2.45, 2.75) is 63.3 Å². The largest absolute Gasteiger partial charge is 0.328 e. The molecule has 1 nitrogen and oxygen atoms in total. The number of nitrogens with two attached hydrogens (primary N) is 1. The third kappa shape index (κ3) is 6.46. The average Bonchev–Trinajstić information content (AvgIpc) is 2.38. The molecule has 0 bridgehead atoms. The van der Waals surface area contributed by atoms with Crippen molar-refractivity contribution >= 4 is 11.8 Å². The molecule has 1 rings (SSSR count). The van der Waals surface area contributed by atoms with Crippen LogP contribution in [-0.2, 0) is 6.42 Å². The van der Waals surface area contributed by atoms with Crippen LogP contribution in [0.3, 0.4) is 0 Å². The third-order valence-electron chi connectivity index (χ3n) is 3.10. The van der Waals surface area contributed by atoms with Crippen LogP contribution in [0.15, 0.2) is 29.2 Å². The molecule has 0 amide bonds. The van der Waals surface area contributed by atoms with Gasteiger partial charge in [-0.15, -0.1) is 11.8 Å². The molecule has 1 unspecified atom stereocenters. The molecule has 2 heteroatoms. The molecule has 1 atom stereocenters. The Bertz CT molecular complexity index is 307. The molecule has 0 aliphatic heterocycles. The fourth-order valence-corrected chi connectivity index (χ4v) is 2.82. The van der Waals surface area contributed by atoms with Gasteiger partial charge in [-0.05, 0) is 55.6 Å². The van der Waals surface area contributed by atoms with Gasteiger partial charge in [0.2, 0.25) is 0 Å². The van der Waals surface area contributed by atoms with Gasteiger partial charge >= 0.3 is 0 Å². The first kappa shape index (κ1) is 15.6. The Hall–Kier alpha value is -0.470. The molecule has 0 heterocycles. The molecule has 0 aromatic heterocycles. The summed E-state index contributed by atoms with van der Waals surface area (Å²) < 4.78 is 0. The minimum Gasteiger partial charge on any atom is -0.328 e. The highest BCUT2D eigenvalue weighted by Crippen LogP contribution is 2.19. The van der Waals surface area contributed by atoms with E-state index in [1.165, 1.54) is 35.5 Å². The lowest BCUT2D eigenvalue weighted by atomic mass is 10.0. The topological polar surface area (TPSA) is 26.0 Å². The van der Waals surface area contributed by atoms with Gasteiger partial charge in [-0.1, -0.05) is 32.4 Å². The molecule has 1 aromatic carbocycles. The molecular weight excluding hydrogens is 238 g/mol. The Labute approximate surface area is 117 Å². The van der Waals surface area contributed by atoms with E-state index in [1.54, 1.807) is 0 Å². The quantitative estimate of drug-likeness (QED) is 0.658. The lowest BCUT2D eigenvalue weighted by Gasteiger charge is -2.09. The predicted molar refractivity (Wildman–Crippen MR) is 83.3 cm³/mol. The van der Waals surface area contributed by atoms with Gasteiger partial charge < -0.3 is 5.73 Å². The normalized spacial score (nSPS) is 12.6. The number of hydrogen-bond acceptors (Lipinski definition) is 2. The smallest absolute Gasteiger partial charge is 0.00721 e. The van der Waals surface area contributed by atoms with E-state index >= 15 is 0 Å². The number of thioether (sulfide) groups is 1. The number of benzene rings is 1. The van der Waals surface area contributed by atoms with E-state index in [2.05, 4.69) is 38.1 Å². The maximum absolute atomic E-state index is 6.02. The molecule has 1 aromatic rings. The van der Waals surface area contributed by atoms with Crippen LogP contribution >= 0.6 is 11.8 Å². The van der Waals surface area contributed by atoms with Crippen LogP contribution < -0.4 is 5.73 Å². The molecule has 0 fully saturated rings. The van der Waals surface area contributed by atoms with Crippen molar-refractivity contribution in [2.24, 2.45) is 5.73 Å². The first-order valence-electron chi connectivity index (χ1n) is 7.23. The monoisotopic (exact) mass is 265 g/mol. The molecule has 0 aliphatic rings. The molecule has 0 radical (unpaired) electrons. The SMILES string of the molecule is CCCSc1ccc(CCCC(N)CCC)cc1. The lowest BCUT2D eigenvalue weighted by molar-refractivity contribution is 0.539. The second kappa shape index (κ2) is 9.46. The Morgan fingerprint density at radius 1 is 1.06 bits per heavy atom. The van der Waals surface area contributed by atoms with Gasteiger partial charge in [0.05, 0.1) is 0 Å². The summed E-state index contributed by atoms with van der Waals surface area (Å²) in [4.78, 5) is 1.39. The predicted octanol–water partition coefficient (Wildman–Crippen LogP) is 4.64. The summed E-state index contributed by atoms with van der Waals surface area (Å²) in [5.74, 6) is 1.21. The Morgan fingerprint density at radius 3 is 2.39 bits per heavy atom. The van der Waals surface area contributed by atoms with E-state index in [9.17, 15) is 0 Å². The summed E-state index contributed by atoms with van der Waals surface area (Å²) in [6.07, 6.45) is 7.12. The van der Waals surface area contributed by atoms with Crippen LogP contribution in [0, 0.1) is 0 Å². The second-order valence-electron chi connectivity index (χ2n) is 4.93. The van der Waals surface area contributed by atoms with Crippen molar-refractivity contribution in [3.63, 3.8) is 0 Å². The first-order chi connectivity index (χ1) is 8.76. The zero-order valence-corrected chi connectivity index (χ0v) is 12.6. The van der Waals surface area contributed by atoms with E-state index in [1.807, 2.05) is 11.8 Å². The summed E-state index contributed by atoms with van der Waals surface area (Å²) in [6, 6.07) is 9.44. The van der Waals surface area contributed by atoms with Crippen molar-refractivity contribution in [3.05, 3.63) is 29.8 Å². The summed E-state index contributed by atoms with van der Waals surface area (Å²) >= 11 is 1.94. The van der Waals surface area contributed by atoms with Crippen molar-refractivity contribution in [3.8, 4) is 0 Å². The van der Waals surface area contributed by atoms with E-state index in [0.29, 0.717) is 6.04 Å². The van der Waals surface area contributed by atoms with Gasteiger partial charge in [-0.25, -0.2) is 0 Å². The van der Waals surface area contributed by atoms with E-state index < -0.39 is 0 Å². The summed E-state index contributed by atoms with van der Waals surface area (Å²) in [5.41, 5.74) is 7.47. The van der Waals surface area contributed by atoms with Crippen LogP contribution in [0.2, 0.25) is 0 Å². The van der Waals surface area contributed by atoms with Gasteiger partial charge in [-0.2, -0.15) is 0 Å². The molecule has 0 spiro atoms. The molecule has 2 N–H and O–H groups in total. The maximum Gasteiger partial charge on any atom is 0.00721 e. The van der Waals surface area contributed by atoms with Gasteiger partial charge in [-0.3, -0.25) is 0 Å². The summed E-state index contributed by atoms with van der Waals surface area (Å²) in [7, 11) is 0. The third-order valence-corrected chi connectivity index (χ3v) is 4.31. The van der Waals surface area contributed by atoms with E-state index in [-0.39, 0.29) is 0 Å². The minimum absolute atomic E-state index is 0.398. The molecular formula is C16H27NS. The molecule has 0 saturated carbocycles. The fourth-order valence-electron chi connectivity index (χ4n) is 2.06. The first-order valence-corrected chi connectivity index (χ1v) is 8.22. The lowest BCUT2D eigenvalue weighted by Crippen LogP contribution is -2.19. The van der Waals surface area contributed by atoms with Crippen molar-refractivity contribution in [1.82, 2.24) is 0 Å². The van der Waals surface area contributed by atoms with Crippen molar-refractivity contribution < 1.29 is 0 Å². The van der Waals surface area contributed by atoms with Gasteiger partial charge in [0.15, 0.2) is 0 Å². The summed E-state index contributed by atoms with van der Waals surface area (Å²) in [5, 5.41) is 0.